The van der Waals surface area contributed by atoms with Gasteiger partial charge in [-0.1, -0.05) is 102 Å². The van der Waals surface area contributed by atoms with E-state index in [-0.39, 0.29) is 5.97 Å². The lowest BCUT2D eigenvalue weighted by molar-refractivity contribution is -0.134. The van der Waals surface area contributed by atoms with Gasteiger partial charge in [-0.15, -0.1) is 0 Å². The first kappa shape index (κ1) is 25.0. The van der Waals surface area contributed by atoms with Crippen LogP contribution < -0.4 is 4.74 Å². The van der Waals surface area contributed by atoms with Crippen molar-refractivity contribution in [2.24, 2.45) is 0 Å². The van der Waals surface area contributed by atoms with Gasteiger partial charge < -0.3 is 4.74 Å². The average molecular weight is 425 g/mol. The predicted molar refractivity (Wildman–Crippen MR) is 128 cm³/mol. The molecule has 4 heteroatoms. The first-order valence-corrected chi connectivity index (χ1v) is 12.3. The van der Waals surface area contributed by atoms with Crippen LogP contribution in [0, 0.1) is 0 Å². The van der Waals surface area contributed by atoms with Crippen molar-refractivity contribution in [3.05, 3.63) is 42.2 Å². The van der Waals surface area contributed by atoms with Crippen LogP contribution in [0.25, 0.3) is 11.4 Å². The molecule has 31 heavy (non-hydrogen) atoms. The molecule has 1 aromatic heterocycles. The highest BCUT2D eigenvalue weighted by Crippen LogP contribution is 2.19. The number of aromatic nitrogens is 2. The van der Waals surface area contributed by atoms with Gasteiger partial charge in [0.15, 0.2) is 11.6 Å². The van der Waals surface area contributed by atoms with E-state index in [1.54, 1.807) is 12.4 Å². The summed E-state index contributed by atoms with van der Waals surface area (Å²) in [6.45, 7) is 4.44. The molecule has 2 rings (SSSR count). The Morgan fingerprint density at radius 1 is 0.742 bits per heavy atom. The molecule has 1 aromatic carbocycles. The van der Waals surface area contributed by atoms with Gasteiger partial charge in [0.25, 0.3) is 0 Å². The third-order valence-electron chi connectivity index (χ3n) is 5.63. The molecule has 0 N–H and O–H groups in total. The third kappa shape index (κ3) is 10.6. The molecule has 0 saturated carbocycles. The largest absolute Gasteiger partial charge is 0.423 e. The van der Waals surface area contributed by atoms with Crippen LogP contribution in [0.1, 0.15) is 103 Å². The molecule has 0 aliphatic carbocycles. The molecule has 2 aromatic rings. The monoisotopic (exact) mass is 424 g/mol. The summed E-state index contributed by atoms with van der Waals surface area (Å²) >= 11 is 0. The number of hydrogen-bond acceptors (Lipinski definition) is 4. The van der Waals surface area contributed by atoms with E-state index < -0.39 is 0 Å². The number of esters is 1. The van der Waals surface area contributed by atoms with E-state index in [2.05, 4.69) is 48.1 Å². The molecule has 1 heterocycles. The van der Waals surface area contributed by atoms with E-state index in [0.717, 1.165) is 24.8 Å². The Morgan fingerprint density at radius 3 is 1.90 bits per heavy atom. The summed E-state index contributed by atoms with van der Waals surface area (Å²) < 4.78 is 5.35. The highest BCUT2D eigenvalue weighted by atomic mass is 16.5. The lowest BCUT2D eigenvalue weighted by Gasteiger charge is -2.06. The zero-order valence-electron chi connectivity index (χ0n) is 19.6. The van der Waals surface area contributed by atoms with Gasteiger partial charge in [-0.05, 0) is 24.8 Å². The molecule has 0 radical (unpaired) electrons. The van der Waals surface area contributed by atoms with Crippen LogP contribution in [-0.4, -0.2) is 15.9 Å². The zero-order chi connectivity index (χ0) is 22.2. The van der Waals surface area contributed by atoms with Gasteiger partial charge in [-0.3, -0.25) is 4.79 Å². The van der Waals surface area contributed by atoms with Gasteiger partial charge >= 0.3 is 5.97 Å². The second-order valence-corrected chi connectivity index (χ2v) is 8.45. The summed E-state index contributed by atoms with van der Waals surface area (Å²) in [5, 5.41) is 0. The summed E-state index contributed by atoms with van der Waals surface area (Å²) in [6.07, 6.45) is 19.7. The average Bonchev–Trinajstić information content (AvgIpc) is 2.79. The fourth-order valence-corrected chi connectivity index (χ4v) is 3.68. The van der Waals surface area contributed by atoms with Crippen molar-refractivity contribution in [3.8, 4) is 17.1 Å². The summed E-state index contributed by atoms with van der Waals surface area (Å²) in [5.41, 5.74) is 2.35. The van der Waals surface area contributed by atoms with Gasteiger partial charge in [0.1, 0.15) is 0 Å². The Bertz CT molecular complexity index is 726. The smallest absolute Gasteiger partial charge is 0.311 e. The van der Waals surface area contributed by atoms with Crippen LogP contribution in [0.3, 0.4) is 0 Å². The molecule has 0 spiro atoms. The minimum Gasteiger partial charge on any atom is -0.423 e. The quantitative estimate of drug-likeness (QED) is 0.205. The number of ether oxygens (including phenoxy) is 1. The number of hydrogen-bond donors (Lipinski definition) is 0. The van der Waals surface area contributed by atoms with Crippen LogP contribution in [0.4, 0.5) is 0 Å². The van der Waals surface area contributed by atoms with Crippen molar-refractivity contribution in [2.45, 2.75) is 104 Å². The molecule has 170 valence electrons. The summed E-state index contributed by atoms with van der Waals surface area (Å²) in [5.74, 6) is 0.863. The van der Waals surface area contributed by atoms with Crippen LogP contribution in [0.5, 0.6) is 5.75 Å². The number of nitrogens with zero attached hydrogens (tertiary/aromatic N) is 2. The van der Waals surface area contributed by atoms with Crippen molar-refractivity contribution in [1.29, 1.82) is 0 Å². The van der Waals surface area contributed by atoms with E-state index in [1.165, 1.54) is 69.8 Å². The zero-order valence-corrected chi connectivity index (χ0v) is 19.6. The van der Waals surface area contributed by atoms with Gasteiger partial charge in [-0.2, -0.15) is 0 Å². The summed E-state index contributed by atoms with van der Waals surface area (Å²) in [4.78, 5) is 20.7. The standard InChI is InChI=1S/C27H40N2O2/c1-3-5-7-9-10-12-13-15-23-17-19-24(20-18-23)27-28-21-25(22-29-27)31-26(30)16-14-11-8-6-4-2/h17-22H,3-16H2,1-2H3. The fourth-order valence-electron chi connectivity index (χ4n) is 3.68. The van der Waals surface area contributed by atoms with Gasteiger partial charge in [0.05, 0.1) is 12.4 Å². The number of carbonyl (C=O) groups excluding carboxylic acids is 1. The maximum absolute atomic E-state index is 11.9. The maximum atomic E-state index is 11.9. The lowest BCUT2D eigenvalue weighted by Crippen LogP contribution is -2.08. The number of benzene rings is 1. The molecule has 0 aliphatic rings. The Balaban J connectivity index is 1.71. The molecule has 0 aliphatic heterocycles. The van der Waals surface area contributed by atoms with Crippen LogP contribution >= 0.6 is 0 Å². The van der Waals surface area contributed by atoms with E-state index >= 15 is 0 Å². The minimum atomic E-state index is -0.206. The second-order valence-electron chi connectivity index (χ2n) is 8.45. The first-order chi connectivity index (χ1) is 15.2. The Kier molecular flexibility index (Phi) is 12.6. The van der Waals surface area contributed by atoms with Crippen LogP contribution in [0.15, 0.2) is 36.7 Å². The molecule has 0 bridgehead atoms. The van der Waals surface area contributed by atoms with E-state index in [1.807, 2.05) is 0 Å². The molecule has 0 amide bonds. The number of carbonyl (C=O) groups is 1. The summed E-state index contributed by atoms with van der Waals surface area (Å²) in [6, 6.07) is 8.49. The van der Waals surface area contributed by atoms with Crippen LogP contribution in [0.2, 0.25) is 0 Å². The van der Waals surface area contributed by atoms with E-state index in [4.69, 9.17) is 4.74 Å². The molecular formula is C27H40N2O2. The van der Waals surface area contributed by atoms with Crippen molar-refractivity contribution in [3.63, 3.8) is 0 Å². The van der Waals surface area contributed by atoms with Crippen molar-refractivity contribution >= 4 is 5.97 Å². The minimum absolute atomic E-state index is 0.206. The molecule has 0 atom stereocenters. The Labute approximate surface area is 188 Å². The summed E-state index contributed by atoms with van der Waals surface area (Å²) in [7, 11) is 0. The van der Waals surface area contributed by atoms with Crippen molar-refractivity contribution < 1.29 is 9.53 Å². The fraction of sp³-hybridized carbons (Fsp3) is 0.593. The molecular weight excluding hydrogens is 384 g/mol. The topological polar surface area (TPSA) is 52.1 Å². The molecule has 0 unspecified atom stereocenters. The van der Waals surface area contributed by atoms with Gasteiger partial charge in [-0.25, -0.2) is 9.97 Å². The normalized spacial score (nSPS) is 10.9. The predicted octanol–water partition coefficient (Wildman–Crippen LogP) is 7.70. The van der Waals surface area contributed by atoms with Gasteiger partial charge in [0, 0.05) is 12.0 Å². The Morgan fingerprint density at radius 2 is 1.29 bits per heavy atom. The van der Waals surface area contributed by atoms with Crippen molar-refractivity contribution in [1.82, 2.24) is 9.97 Å². The highest BCUT2D eigenvalue weighted by Gasteiger charge is 2.07. The van der Waals surface area contributed by atoms with Gasteiger partial charge in [0.2, 0.25) is 0 Å². The maximum Gasteiger partial charge on any atom is 0.311 e. The lowest BCUT2D eigenvalue weighted by atomic mass is 10.0. The number of aryl methyl sites for hydroxylation is 1. The van der Waals surface area contributed by atoms with Crippen LogP contribution in [-0.2, 0) is 11.2 Å². The molecule has 0 saturated heterocycles. The number of unbranched alkanes of at least 4 members (excludes halogenated alkanes) is 10. The SMILES string of the molecule is CCCCCCCCCc1ccc(-c2ncc(OC(=O)CCCCCCC)cn2)cc1. The number of rotatable bonds is 16. The van der Waals surface area contributed by atoms with E-state index in [9.17, 15) is 4.79 Å². The third-order valence-corrected chi connectivity index (χ3v) is 5.63. The molecule has 0 fully saturated rings. The van der Waals surface area contributed by atoms with Crippen molar-refractivity contribution in [2.75, 3.05) is 0 Å². The highest BCUT2D eigenvalue weighted by molar-refractivity contribution is 5.72. The molecule has 4 nitrogen and oxygen atoms in total. The van der Waals surface area contributed by atoms with E-state index in [0.29, 0.717) is 18.0 Å². The first-order valence-electron chi connectivity index (χ1n) is 12.3. The second kappa shape index (κ2) is 15.6. The Hall–Kier alpha value is -2.23.